The van der Waals surface area contributed by atoms with Crippen LogP contribution >= 0.6 is 0 Å². The molecule has 0 N–H and O–H groups in total. The molecule has 0 amide bonds. The molecule has 1 aromatic carbocycles. The van der Waals surface area contributed by atoms with Crippen molar-refractivity contribution in [2.24, 2.45) is 5.18 Å². The van der Waals surface area contributed by atoms with Crippen LogP contribution in [0, 0.1) is 22.4 Å². The highest BCUT2D eigenvalue weighted by Gasteiger charge is 2.10. The molecule has 58 valence electrons. The van der Waals surface area contributed by atoms with E-state index < -0.39 is 23.1 Å². The van der Waals surface area contributed by atoms with E-state index in [0.29, 0.717) is 12.1 Å². The Labute approximate surface area is 59.6 Å². The van der Waals surface area contributed by atoms with Crippen molar-refractivity contribution in [3.8, 4) is 0 Å². The third-order valence-electron chi connectivity index (χ3n) is 1.07. The van der Waals surface area contributed by atoms with Crippen molar-refractivity contribution in [1.29, 1.82) is 0 Å². The normalized spacial score (nSPS) is 9.73. The highest BCUT2D eigenvalue weighted by atomic mass is 19.2. The summed E-state index contributed by atoms with van der Waals surface area (Å²) in [5.74, 6) is -3.88. The van der Waals surface area contributed by atoms with Gasteiger partial charge in [0, 0.05) is 12.1 Å². The Morgan fingerprint density at radius 2 is 1.82 bits per heavy atom. The molecule has 0 saturated carbocycles. The third kappa shape index (κ3) is 1.36. The van der Waals surface area contributed by atoms with E-state index >= 15 is 0 Å². The van der Waals surface area contributed by atoms with E-state index in [1.54, 1.807) is 0 Å². The molecular weight excluding hydrogens is 159 g/mol. The van der Waals surface area contributed by atoms with E-state index in [1.165, 1.54) is 0 Å². The Balaban J connectivity index is 3.35. The number of hydrogen-bond acceptors (Lipinski definition) is 2. The van der Waals surface area contributed by atoms with Crippen LogP contribution in [0.3, 0.4) is 0 Å². The van der Waals surface area contributed by atoms with Crippen LogP contribution in [0.15, 0.2) is 17.3 Å². The monoisotopic (exact) mass is 161 g/mol. The largest absolute Gasteiger partial charge is 0.207 e. The van der Waals surface area contributed by atoms with Crippen molar-refractivity contribution in [2.45, 2.75) is 0 Å². The van der Waals surface area contributed by atoms with Gasteiger partial charge in [-0.2, -0.15) is 0 Å². The molecule has 0 atom stereocenters. The Hall–Kier alpha value is -1.39. The molecule has 0 unspecified atom stereocenters. The quantitative estimate of drug-likeness (QED) is 0.459. The average molecular weight is 161 g/mol. The number of nitroso groups, excluding NO2 is 1. The predicted octanol–water partition coefficient (Wildman–Crippen LogP) is 2.50. The molecule has 0 radical (unpaired) electrons. The van der Waals surface area contributed by atoms with Gasteiger partial charge in [0.15, 0.2) is 11.6 Å². The first kappa shape index (κ1) is 7.71. The Kier molecular flexibility index (Phi) is 1.89. The average Bonchev–Trinajstić information content (AvgIpc) is 1.96. The molecule has 2 nitrogen and oxygen atoms in total. The van der Waals surface area contributed by atoms with Crippen LogP contribution in [0.25, 0.3) is 0 Å². The smallest absolute Gasteiger partial charge is 0.188 e. The first-order valence-electron chi connectivity index (χ1n) is 2.63. The lowest BCUT2D eigenvalue weighted by Gasteiger charge is -1.94. The maximum Gasteiger partial charge on any atom is 0.188 e. The van der Waals surface area contributed by atoms with E-state index in [2.05, 4.69) is 5.18 Å². The number of rotatable bonds is 1. The molecule has 0 heterocycles. The Morgan fingerprint density at radius 3 is 2.36 bits per heavy atom. The summed E-state index contributed by atoms with van der Waals surface area (Å²) in [5, 5.41) is 2.09. The van der Waals surface area contributed by atoms with Crippen molar-refractivity contribution in [3.05, 3.63) is 34.5 Å². The zero-order valence-corrected chi connectivity index (χ0v) is 5.14. The number of benzene rings is 1. The number of halogens is 3. The van der Waals surface area contributed by atoms with E-state index in [4.69, 9.17) is 0 Å². The van der Waals surface area contributed by atoms with Crippen LogP contribution in [0.4, 0.5) is 18.9 Å². The summed E-state index contributed by atoms with van der Waals surface area (Å²) in [7, 11) is 0. The van der Waals surface area contributed by atoms with Crippen molar-refractivity contribution in [1.82, 2.24) is 0 Å². The maximum absolute atomic E-state index is 12.3. The van der Waals surface area contributed by atoms with Crippen LogP contribution in [0.2, 0.25) is 0 Å². The Morgan fingerprint density at radius 1 is 1.18 bits per heavy atom. The predicted molar refractivity (Wildman–Crippen MR) is 31.8 cm³/mol. The van der Waals surface area contributed by atoms with Crippen molar-refractivity contribution in [2.75, 3.05) is 0 Å². The van der Waals surface area contributed by atoms with Gasteiger partial charge < -0.3 is 0 Å². The summed E-state index contributed by atoms with van der Waals surface area (Å²) in [5.41, 5.74) is -0.859. The fourth-order valence-electron chi connectivity index (χ4n) is 0.609. The highest BCUT2D eigenvalue weighted by Crippen LogP contribution is 2.21. The molecular formula is C6H2F3NO. The van der Waals surface area contributed by atoms with Gasteiger partial charge >= 0.3 is 0 Å². The Bertz CT molecular complexity index is 300. The lowest BCUT2D eigenvalue weighted by Crippen LogP contribution is -1.85. The first-order valence-corrected chi connectivity index (χ1v) is 2.63. The van der Waals surface area contributed by atoms with Gasteiger partial charge in [-0.15, -0.1) is 4.91 Å². The summed E-state index contributed by atoms with van der Waals surface area (Å²) in [6, 6.07) is 0.857. The van der Waals surface area contributed by atoms with Crippen LogP contribution in [0.5, 0.6) is 0 Å². The second-order valence-corrected chi connectivity index (χ2v) is 1.81. The molecule has 0 fully saturated rings. The number of hydrogen-bond donors (Lipinski definition) is 0. The molecule has 1 rings (SSSR count). The second-order valence-electron chi connectivity index (χ2n) is 1.81. The van der Waals surface area contributed by atoms with E-state index in [1.807, 2.05) is 0 Å². The minimum absolute atomic E-state index is 0.337. The van der Waals surface area contributed by atoms with Crippen LogP contribution in [-0.2, 0) is 0 Å². The summed E-state index contributed by atoms with van der Waals surface area (Å²) >= 11 is 0. The standard InChI is InChI=1S/C6H2F3NO/c7-3-1-4(8)6(9)5(2-3)10-11/h1-2H. The molecule has 0 saturated heterocycles. The topological polar surface area (TPSA) is 29.4 Å². The molecule has 5 heteroatoms. The van der Waals surface area contributed by atoms with Crippen LogP contribution < -0.4 is 0 Å². The fourth-order valence-corrected chi connectivity index (χ4v) is 0.609. The van der Waals surface area contributed by atoms with Gasteiger partial charge in [0.05, 0.1) is 0 Å². The molecule has 1 aromatic rings. The minimum atomic E-state index is -1.43. The molecule has 0 aliphatic rings. The summed E-state index contributed by atoms with van der Waals surface area (Å²) in [6.07, 6.45) is 0. The first-order chi connectivity index (χ1) is 5.15. The molecule has 0 aliphatic heterocycles. The van der Waals surface area contributed by atoms with Crippen LogP contribution in [0.1, 0.15) is 0 Å². The molecule has 0 aromatic heterocycles. The van der Waals surface area contributed by atoms with Gasteiger partial charge in [0.2, 0.25) is 0 Å². The zero-order valence-electron chi connectivity index (χ0n) is 5.14. The number of nitrogens with zero attached hydrogens (tertiary/aromatic N) is 1. The maximum atomic E-state index is 12.3. The van der Waals surface area contributed by atoms with Gasteiger partial charge in [-0.05, 0) is 5.18 Å². The van der Waals surface area contributed by atoms with Gasteiger partial charge in [-0.3, -0.25) is 0 Å². The van der Waals surface area contributed by atoms with E-state index in [-0.39, 0.29) is 0 Å². The van der Waals surface area contributed by atoms with Crippen LogP contribution in [-0.4, -0.2) is 0 Å². The minimum Gasteiger partial charge on any atom is -0.207 e. The van der Waals surface area contributed by atoms with Gasteiger partial charge in [-0.1, -0.05) is 0 Å². The van der Waals surface area contributed by atoms with Gasteiger partial charge in [0.25, 0.3) is 0 Å². The summed E-state index contributed by atoms with van der Waals surface area (Å²) in [6.45, 7) is 0. The van der Waals surface area contributed by atoms with Gasteiger partial charge in [0.1, 0.15) is 11.5 Å². The van der Waals surface area contributed by atoms with Crippen molar-refractivity contribution < 1.29 is 13.2 Å². The molecule has 0 bridgehead atoms. The summed E-state index contributed by atoms with van der Waals surface area (Å²) < 4.78 is 36.7. The lowest BCUT2D eigenvalue weighted by atomic mass is 10.3. The zero-order chi connectivity index (χ0) is 8.43. The molecule has 0 aliphatic carbocycles. The third-order valence-corrected chi connectivity index (χ3v) is 1.07. The summed E-state index contributed by atoms with van der Waals surface area (Å²) in [4.78, 5) is 9.71. The molecule has 0 spiro atoms. The lowest BCUT2D eigenvalue weighted by molar-refractivity contribution is 0.497. The van der Waals surface area contributed by atoms with Gasteiger partial charge in [-0.25, -0.2) is 13.2 Å². The fraction of sp³-hybridized carbons (Fsp3) is 0. The van der Waals surface area contributed by atoms with Crippen molar-refractivity contribution in [3.63, 3.8) is 0 Å². The van der Waals surface area contributed by atoms with E-state index in [0.717, 1.165) is 0 Å². The van der Waals surface area contributed by atoms with E-state index in [9.17, 15) is 18.1 Å². The second kappa shape index (κ2) is 2.69. The highest BCUT2D eigenvalue weighted by molar-refractivity contribution is 5.38. The molecule has 11 heavy (non-hydrogen) atoms. The SMILES string of the molecule is O=Nc1cc(F)cc(F)c1F. The van der Waals surface area contributed by atoms with Crippen molar-refractivity contribution >= 4 is 5.69 Å².